The van der Waals surface area contributed by atoms with Crippen LogP contribution in [-0.4, -0.2) is 43.0 Å². The minimum Gasteiger partial charge on any atom is -0.377 e. The number of rotatable bonds is 6. The minimum absolute atomic E-state index is 0.189. The highest BCUT2D eigenvalue weighted by molar-refractivity contribution is 5.97. The predicted octanol–water partition coefficient (Wildman–Crippen LogP) is 2.93. The van der Waals surface area contributed by atoms with E-state index < -0.39 is 0 Å². The van der Waals surface area contributed by atoms with Gasteiger partial charge in [-0.25, -0.2) is 0 Å². The zero-order valence-electron chi connectivity index (χ0n) is 12.8. The van der Waals surface area contributed by atoms with Crippen LogP contribution in [0.15, 0.2) is 24.3 Å². The second-order valence-corrected chi connectivity index (χ2v) is 5.72. The molecule has 3 nitrogen and oxygen atoms in total. The highest BCUT2D eigenvalue weighted by Crippen LogP contribution is 2.18. The number of likely N-dealkylation sites (N-methyl/N-ethyl adjacent to an activating group) is 1. The summed E-state index contributed by atoms with van der Waals surface area (Å²) < 4.78 is 5.56. The highest BCUT2D eigenvalue weighted by atomic mass is 16.5. The van der Waals surface area contributed by atoms with E-state index in [1.807, 2.05) is 19.2 Å². The Balaban J connectivity index is 1.93. The molecule has 0 aliphatic carbocycles. The summed E-state index contributed by atoms with van der Waals surface area (Å²) in [6.45, 7) is 5.51. The third-order valence-electron chi connectivity index (χ3n) is 4.11. The Labute approximate surface area is 121 Å². The van der Waals surface area contributed by atoms with Gasteiger partial charge in [0.1, 0.15) is 0 Å². The number of aryl methyl sites for hydroxylation is 1. The fourth-order valence-corrected chi connectivity index (χ4v) is 2.88. The molecule has 1 aliphatic heterocycles. The van der Waals surface area contributed by atoms with Crippen LogP contribution in [0.25, 0.3) is 0 Å². The van der Waals surface area contributed by atoms with Crippen LogP contribution in [0.1, 0.15) is 42.6 Å². The molecular formula is C17H25NO2. The van der Waals surface area contributed by atoms with Gasteiger partial charge in [0.25, 0.3) is 0 Å². The lowest BCUT2D eigenvalue weighted by Gasteiger charge is -2.25. The molecule has 0 spiro atoms. The van der Waals surface area contributed by atoms with E-state index in [1.54, 1.807) is 0 Å². The Morgan fingerprint density at radius 2 is 2.05 bits per heavy atom. The number of benzene rings is 1. The number of ketones is 1. The lowest BCUT2D eigenvalue weighted by Crippen LogP contribution is -2.39. The zero-order valence-corrected chi connectivity index (χ0v) is 12.8. The third kappa shape index (κ3) is 3.68. The van der Waals surface area contributed by atoms with Crippen LogP contribution in [-0.2, 0) is 11.2 Å². The molecule has 20 heavy (non-hydrogen) atoms. The average Bonchev–Trinajstić information content (AvgIpc) is 2.86. The normalized spacial score (nSPS) is 22.4. The predicted molar refractivity (Wildman–Crippen MR) is 81.2 cm³/mol. The lowest BCUT2D eigenvalue weighted by molar-refractivity contribution is 0.0746. The molecule has 110 valence electrons. The SMILES string of the molecule is CCCc1ccc(C(=O)CN(C)C2CCOC2C)cc1. The van der Waals surface area contributed by atoms with E-state index >= 15 is 0 Å². The number of carbonyl (C=O) groups excluding carboxylic acids is 1. The molecule has 1 fully saturated rings. The zero-order chi connectivity index (χ0) is 14.5. The molecule has 1 saturated heterocycles. The number of carbonyl (C=O) groups is 1. The molecule has 0 amide bonds. The Kier molecular flexibility index (Phi) is 5.32. The van der Waals surface area contributed by atoms with E-state index in [0.717, 1.165) is 31.4 Å². The van der Waals surface area contributed by atoms with Crippen molar-refractivity contribution in [1.29, 1.82) is 0 Å². The van der Waals surface area contributed by atoms with Crippen molar-refractivity contribution in [1.82, 2.24) is 4.90 Å². The van der Waals surface area contributed by atoms with Crippen molar-refractivity contribution in [2.45, 2.75) is 45.3 Å². The molecule has 0 saturated carbocycles. The summed E-state index contributed by atoms with van der Waals surface area (Å²) in [6, 6.07) is 8.40. The first kappa shape index (κ1) is 15.2. The van der Waals surface area contributed by atoms with Crippen LogP contribution in [0.3, 0.4) is 0 Å². The molecule has 3 heteroatoms. The maximum atomic E-state index is 12.3. The summed E-state index contributed by atoms with van der Waals surface area (Å²) in [7, 11) is 2.01. The van der Waals surface area contributed by atoms with Crippen molar-refractivity contribution in [3.63, 3.8) is 0 Å². The molecule has 2 rings (SSSR count). The quantitative estimate of drug-likeness (QED) is 0.748. The summed E-state index contributed by atoms with van der Waals surface area (Å²) in [5.74, 6) is 0.189. The van der Waals surface area contributed by atoms with Crippen molar-refractivity contribution in [3.05, 3.63) is 35.4 Å². The molecule has 2 atom stereocenters. The van der Waals surface area contributed by atoms with E-state index in [1.165, 1.54) is 5.56 Å². The molecule has 1 aromatic carbocycles. The lowest BCUT2D eigenvalue weighted by atomic mass is 10.0. The van der Waals surface area contributed by atoms with Crippen molar-refractivity contribution in [3.8, 4) is 0 Å². The van der Waals surface area contributed by atoms with Crippen molar-refractivity contribution in [2.24, 2.45) is 0 Å². The smallest absolute Gasteiger partial charge is 0.176 e. The summed E-state index contributed by atoms with van der Waals surface area (Å²) in [6.07, 6.45) is 3.45. The molecule has 0 aromatic heterocycles. The highest BCUT2D eigenvalue weighted by Gasteiger charge is 2.28. The first-order valence-electron chi connectivity index (χ1n) is 7.55. The van der Waals surface area contributed by atoms with Gasteiger partial charge in [-0.15, -0.1) is 0 Å². The fourth-order valence-electron chi connectivity index (χ4n) is 2.88. The van der Waals surface area contributed by atoms with E-state index in [-0.39, 0.29) is 11.9 Å². The van der Waals surface area contributed by atoms with Crippen molar-refractivity contribution < 1.29 is 9.53 Å². The molecule has 0 N–H and O–H groups in total. The summed E-state index contributed by atoms with van der Waals surface area (Å²) in [5, 5.41) is 0. The van der Waals surface area contributed by atoms with Crippen LogP contribution in [0.5, 0.6) is 0 Å². The van der Waals surface area contributed by atoms with Crippen LogP contribution < -0.4 is 0 Å². The number of Topliss-reactive ketones (excluding diaryl/α,β-unsaturated/α-hetero) is 1. The van der Waals surface area contributed by atoms with Crippen LogP contribution >= 0.6 is 0 Å². The van der Waals surface area contributed by atoms with E-state index in [4.69, 9.17) is 4.74 Å². The Hall–Kier alpha value is -1.19. The monoisotopic (exact) mass is 275 g/mol. The van der Waals surface area contributed by atoms with Crippen LogP contribution in [0, 0.1) is 0 Å². The first-order valence-corrected chi connectivity index (χ1v) is 7.55. The van der Waals surface area contributed by atoms with Crippen molar-refractivity contribution >= 4 is 5.78 Å². The molecule has 1 heterocycles. The van der Waals surface area contributed by atoms with Gasteiger partial charge in [0.05, 0.1) is 12.6 Å². The molecule has 1 aromatic rings. The van der Waals surface area contributed by atoms with Gasteiger partial charge in [0.15, 0.2) is 5.78 Å². The number of nitrogens with zero attached hydrogens (tertiary/aromatic N) is 1. The van der Waals surface area contributed by atoms with Gasteiger partial charge in [-0.1, -0.05) is 37.6 Å². The number of hydrogen-bond acceptors (Lipinski definition) is 3. The third-order valence-corrected chi connectivity index (χ3v) is 4.11. The van der Waals surface area contributed by atoms with Crippen molar-refractivity contribution in [2.75, 3.05) is 20.2 Å². The Bertz CT molecular complexity index is 441. The number of ether oxygens (including phenoxy) is 1. The maximum Gasteiger partial charge on any atom is 0.176 e. The summed E-state index contributed by atoms with van der Waals surface area (Å²) >= 11 is 0. The summed E-state index contributed by atoms with van der Waals surface area (Å²) in [5.41, 5.74) is 2.11. The van der Waals surface area contributed by atoms with Crippen LogP contribution in [0.4, 0.5) is 0 Å². The molecular weight excluding hydrogens is 250 g/mol. The minimum atomic E-state index is 0.189. The largest absolute Gasteiger partial charge is 0.377 e. The van der Waals surface area contributed by atoms with Gasteiger partial charge in [0.2, 0.25) is 0 Å². The topological polar surface area (TPSA) is 29.5 Å². The van der Waals surface area contributed by atoms with Gasteiger partial charge in [-0.05, 0) is 32.4 Å². The standard InChI is InChI=1S/C17H25NO2/c1-4-5-14-6-8-15(9-7-14)17(19)12-18(3)16-10-11-20-13(16)2/h6-9,13,16H,4-5,10-12H2,1-3H3. The molecule has 0 bridgehead atoms. The maximum absolute atomic E-state index is 12.3. The van der Waals surface area contributed by atoms with Gasteiger partial charge < -0.3 is 4.74 Å². The van der Waals surface area contributed by atoms with Crippen LogP contribution in [0.2, 0.25) is 0 Å². The molecule has 1 aliphatic rings. The first-order chi connectivity index (χ1) is 9.61. The second-order valence-electron chi connectivity index (χ2n) is 5.72. The molecule has 2 unspecified atom stereocenters. The van der Waals surface area contributed by atoms with E-state index in [2.05, 4.69) is 30.9 Å². The van der Waals surface area contributed by atoms with E-state index in [9.17, 15) is 4.79 Å². The second kappa shape index (κ2) is 7.00. The van der Waals surface area contributed by atoms with E-state index in [0.29, 0.717) is 12.6 Å². The Morgan fingerprint density at radius 3 is 2.60 bits per heavy atom. The Morgan fingerprint density at radius 1 is 1.35 bits per heavy atom. The van der Waals surface area contributed by atoms with Gasteiger partial charge in [0, 0.05) is 18.2 Å². The molecule has 0 radical (unpaired) electrons. The van der Waals surface area contributed by atoms with Gasteiger partial charge in [-0.3, -0.25) is 9.69 Å². The fraction of sp³-hybridized carbons (Fsp3) is 0.588. The van der Waals surface area contributed by atoms with Gasteiger partial charge >= 0.3 is 0 Å². The average molecular weight is 275 g/mol. The number of hydrogen-bond donors (Lipinski definition) is 0. The summed E-state index contributed by atoms with van der Waals surface area (Å²) in [4.78, 5) is 14.4. The van der Waals surface area contributed by atoms with Gasteiger partial charge in [-0.2, -0.15) is 0 Å².